The molecule has 4 nitrogen and oxygen atoms in total. The third-order valence-corrected chi connectivity index (χ3v) is 2.34. The van der Waals surface area contributed by atoms with Gasteiger partial charge in [-0.1, -0.05) is 12.1 Å². The molecule has 0 aliphatic carbocycles. The number of benzene rings is 1. The van der Waals surface area contributed by atoms with Gasteiger partial charge in [-0.25, -0.2) is 9.86 Å². The third-order valence-electron chi connectivity index (χ3n) is 2.34. The molecule has 0 radical (unpaired) electrons. The molecule has 0 aliphatic heterocycles. The van der Waals surface area contributed by atoms with Crippen LogP contribution in [0, 0.1) is 0 Å². The SMILES string of the molecule is CNC(=O)N(O)CCc1ccc(C(F)(F)F)cc1. The van der Waals surface area contributed by atoms with Gasteiger partial charge in [0.2, 0.25) is 0 Å². The summed E-state index contributed by atoms with van der Waals surface area (Å²) in [6.07, 6.45) is -4.09. The summed E-state index contributed by atoms with van der Waals surface area (Å²) in [5.41, 5.74) is -0.121. The summed E-state index contributed by atoms with van der Waals surface area (Å²) >= 11 is 0. The predicted molar refractivity (Wildman–Crippen MR) is 58.1 cm³/mol. The van der Waals surface area contributed by atoms with E-state index in [1.165, 1.54) is 19.2 Å². The molecule has 0 heterocycles. The van der Waals surface area contributed by atoms with Crippen molar-refractivity contribution < 1.29 is 23.2 Å². The summed E-state index contributed by atoms with van der Waals surface area (Å²) in [6.45, 7) is 0.00500. The van der Waals surface area contributed by atoms with Gasteiger partial charge in [-0.05, 0) is 24.1 Å². The van der Waals surface area contributed by atoms with Crippen LogP contribution in [0.2, 0.25) is 0 Å². The molecule has 1 aromatic carbocycles. The number of nitrogens with zero attached hydrogens (tertiary/aromatic N) is 1. The van der Waals surface area contributed by atoms with E-state index < -0.39 is 17.8 Å². The van der Waals surface area contributed by atoms with Crippen LogP contribution in [0.3, 0.4) is 0 Å². The van der Waals surface area contributed by atoms with Crippen molar-refractivity contribution in [1.29, 1.82) is 0 Å². The van der Waals surface area contributed by atoms with Crippen molar-refractivity contribution in [1.82, 2.24) is 10.4 Å². The molecule has 0 unspecified atom stereocenters. The maximum absolute atomic E-state index is 12.3. The molecule has 2 amide bonds. The van der Waals surface area contributed by atoms with Crippen LogP contribution in [-0.4, -0.2) is 29.9 Å². The molecule has 1 rings (SSSR count). The van der Waals surface area contributed by atoms with Gasteiger partial charge in [0, 0.05) is 7.05 Å². The smallest absolute Gasteiger partial charge is 0.339 e. The minimum Gasteiger partial charge on any atom is -0.339 e. The molecular formula is C11H13F3N2O2. The van der Waals surface area contributed by atoms with E-state index in [0.29, 0.717) is 10.6 Å². The van der Waals surface area contributed by atoms with E-state index in [1.54, 1.807) is 0 Å². The molecular weight excluding hydrogens is 249 g/mol. The van der Waals surface area contributed by atoms with Gasteiger partial charge < -0.3 is 5.32 Å². The maximum atomic E-state index is 12.3. The summed E-state index contributed by atoms with van der Waals surface area (Å²) in [6, 6.07) is 3.91. The molecule has 0 aliphatic rings. The van der Waals surface area contributed by atoms with Gasteiger partial charge >= 0.3 is 12.2 Å². The fourth-order valence-corrected chi connectivity index (χ4v) is 1.33. The Balaban J connectivity index is 2.57. The van der Waals surface area contributed by atoms with Gasteiger partial charge in [0.15, 0.2) is 0 Å². The van der Waals surface area contributed by atoms with Crippen molar-refractivity contribution >= 4 is 6.03 Å². The largest absolute Gasteiger partial charge is 0.416 e. The Labute approximate surface area is 102 Å². The Kier molecular flexibility index (Phi) is 4.55. The minimum absolute atomic E-state index is 0.00500. The Bertz CT molecular complexity index is 404. The second kappa shape index (κ2) is 5.72. The van der Waals surface area contributed by atoms with Crippen molar-refractivity contribution in [3.05, 3.63) is 35.4 Å². The first-order valence-electron chi connectivity index (χ1n) is 5.19. The Morgan fingerprint density at radius 1 is 1.33 bits per heavy atom. The Morgan fingerprint density at radius 3 is 2.33 bits per heavy atom. The van der Waals surface area contributed by atoms with Crippen molar-refractivity contribution in [3.8, 4) is 0 Å². The number of alkyl halides is 3. The monoisotopic (exact) mass is 262 g/mol. The molecule has 0 spiro atoms. The van der Waals surface area contributed by atoms with Crippen molar-refractivity contribution in [3.63, 3.8) is 0 Å². The normalized spacial score (nSPS) is 11.2. The molecule has 0 atom stereocenters. The summed E-state index contributed by atoms with van der Waals surface area (Å²) in [7, 11) is 1.36. The van der Waals surface area contributed by atoms with E-state index in [1.807, 2.05) is 0 Å². The average molecular weight is 262 g/mol. The first kappa shape index (κ1) is 14.3. The lowest BCUT2D eigenvalue weighted by Crippen LogP contribution is -2.36. The van der Waals surface area contributed by atoms with Crippen LogP contribution in [0.1, 0.15) is 11.1 Å². The van der Waals surface area contributed by atoms with E-state index in [-0.39, 0.29) is 13.0 Å². The van der Waals surface area contributed by atoms with Gasteiger partial charge in [0.1, 0.15) is 0 Å². The molecule has 0 fully saturated rings. The van der Waals surface area contributed by atoms with E-state index in [4.69, 9.17) is 0 Å². The van der Waals surface area contributed by atoms with Crippen LogP contribution >= 0.6 is 0 Å². The zero-order chi connectivity index (χ0) is 13.8. The van der Waals surface area contributed by atoms with E-state index in [9.17, 15) is 23.2 Å². The molecule has 18 heavy (non-hydrogen) atoms. The average Bonchev–Trinajstić information content (AvgIpc) is 2.34. The van der Waals surface area contributed by atoms with Gasteiger partial charge in [0.25, 0.3) is 0 Å². The number of carbonyl (C=O) groups is 1. The number of nitrogens with one attached hydrogen (secondary N) is 1. The molecule has 0 bridgehead atoms. The lowest BCUT2D eigenvalue weighted by molar-refractivity contribution is -0.137. The second-order valence-electron chi connectivity index (χ2n) is 3.62. The lowest BCUT2D eigenvalue weighted by Gasteiger charge is -2.14. The van der Waals surface area contributed by atoms with Gasteiger partial charge in [-0.3, -0.25) is 5.21 Å². The Morgan fingerprint density at radius 2 is 1.89 bits per heavy atom. The highest BCUT2D eigenvalue weighted by molar-refractivity contribution is 5.72. The zero-order valence-corrected chi connectivity index (χ0v) is 9.66. The summed E-state index contributed by atoms with van der Waals surface area (Å²) < 4.78 is 36.9. The fourth-order valence-electron chi connectivity index (χ4n) is 1.33. The second-order valence-corrected chi connectivity index (χ2v) is 3.62. The number of halogens is 3. The van der Waals surface area contributed by atoms with Gasteiger partial charge in [0.05, 0.1) is 12.1 Å². The highest BCUT2D eigenvalue weighted by Gasteiger charge is 2.29. The predicted octanol–water partition coefficient (Wildman–Crippen LogP) is 2.28. The molecule has 0 saturated heterocycles. The van der Waals surface area contributed by atoms with Crippen molar-refractivity contribution in [2.24, 2.45) is 0 Å². The topological polar surface area (TPSA) is 52.6 Å². The Hall–Kier alpha value is -1.76. The van der Waals surface area contributed by atoms with Crippen LogP contribution in [0.5, 0.6) is 0 Å². The lowest BCUT2D eigenvalue weighted by atomic mass is 10.1. The van der Waals surface area contributed by atoms with Crippen molar-refractivity contribution in [2.45, 2.75) is 12.6 Å². The van der Waals surface area contributed by atoms with Crippen LogP contribution in [0.15, 0.2) is 24.3 Å². The van der Waals surface area contributed by atoms with Crippen LogP contribution in [0.4, 0.5) is 18.0 Å². The molecule has 0 saturated carbocycles. The fraction of sp³-hybridized carbons (Fsp3) is 0.364. The number of hydroxylamine groups is 2. The van der Waals surface area contributed by atoms with E-state index in [2.05, 4.69) is 5.32 Å². The summed E-state index contributed by atoms with van der Waals surface area (Å²) in [5.74, 6) is 0. The molecule has 7 heteroatoms. The third kappa shape index (κ3) is 3.92. The molecule has 100 valence electrons. The first-order chi connectivity index (χ1) is 8.34. The van der Waals surface area contributed by atoms with Crippen LogP contribution in [0.25, 0.3) is 0 Å². The first-order valence-corrected chi connectivity index (χ1v) is 5.19. The number of carbonyl (C=O) groups excluding carboxylic acids is 1. The number of hydrogen-bond donors (Lipinski definition) is 2. The van der Waals surface area contributed by atoms with Crippen molar-refractivity contribution in [2.75, 3.05) is 13.6 Å². The minimum atomic E-state index is -4.36. The van der Waals surface area contributed by atoms with E-state index >= 15 is 0 Å². The molecule has 2 N–H and O–H groups in total. The summed E-state index contributed by atoms with van der Waals surface area (Å²) in [5, 5.41) is 11.9. The standard InChI is InChI=1S/C11H13F3N2O2/c1-15-10(17)16(18)7-6-8-2-4-9(5-3-8)11(12,13)14/h2-5,18H,6-7H2,1H3,(H,15,17). The molecule has 1 aromatic rings. The molecule has 0 aromatic heterocycles. The maximum Gasteiger partial charge on any atom is 0.416 e. The number of hydrogen-bond acceptors (Lipinski definition) is 2. The summed E-state index contributed by atoms with van der Waals surface area (Å²) in [4.78, 5) is 10.9. The van der Waals surface area contributed by atoms with Gasteiger partial charge in [-0.2, -0.15) is 13.2 Å². The number of urea groups is 1. The zero-order valence-electron chi connectivity index (χ0n) is 9.66. The quantitative estimate of drug-likeness (QED) is 0.648. The number of amides is 2. The van der Waals surface area contributed by atoms with Crippen LogP contribution in [-0.2, 0) is 12.6 Å². The van der Waals surface area contributed by atoms with Gasteiger partial charge in [-0.15, -0.1) is 0 Å². The highest BCUT2D eigenvalue weighted by Crippen LogP contribution is 2.29. The highest BCUT2D eigenvalue weighted by atomic mass is 19.4. The number of rotatable bonds is 3. The van der Waals surface area contributed by atoms with Crippen LogP contribution < -0.4 is 5.32 Å². The van der Waals surface area contributed by atoms with E-state index in [0.717, 1.165) is 12.1 Å².